The van der Waals surface area contributed by atoms with Crippen LogP contribution >= 0.6 is 22.9 Å². The third kappa shape index (κ3) is 3.08. The van der Waals surface area contributed by atoms with Gasteiger partial charge in [0.15, 0.2) is 0 Å². The SMILES string of the molecule is CC(c1cccs1)N(C)C(=O)c1cc(N)cc(Cl)c1. The number of thiophene rings is 1. The lowest BCUT2D eigenvalue weighted by atomic mass is 10.1. The van der Waals surface area contributed by atoms with Crippen molar-refractivity contribution in [2.75, 3.05) is 12.8 Å². The molecule has 1 aromatic carbocycles. The van der Waals surface area contributed by atoms with Crippen molar-refractivity contribution >= 4 is 34.5 Å². The van der Waals surface area contributed by atoms with Crippen molar-refractivity contribution in [3.8, 4) is 0 Å². The number of hydrogen-bond donors (Lipinski definition) is 1. The molecule has 0 bridgehead atoms. The minimum Gasteiger partial charge on any atom is -0.399 e. The molecule has 0 radical (unpaired) electrons. The van der Waals surface area contributed by atoms with Crippen molar-refractivity contribution in [3.63, 3.8) is 0 Å². The van der Waals surface area contributed by atoms with Crippen LogP contribution in [0.4, 0.5) is 5.69 Å². The molecule has 1 aromatic heterocycles. The molecule has 0 aliphatic heterocycles. The van der Waals surface area contributed by atoms with Crippen LogP contribution in [0.5, 0.6) is 0 Å². The molecule has 1 heterocycles. The second kappa shape index (κ2) is 5.63. The Morgan fingerprint density at radius 2 is 2.16 bits per heavy atom. The second-order valence-electron chi connectivity index (χ2n) is 4.38. The lowest BCUT2D eigenvalue weighted by Crippen LogP contribution is -2.29. The molecular weight excluding hydrogens is 280 g/mol. The average Bonchev–Trinajstić information content (AvgIpc) is 2.88. The molecule has 0 aliphatic rings. The molecule has 1 unspecified atom stereocenters. The number of hydrogen-bond acceptors (Lipinski definition) is 3. The van der Waals surface area contributed by atoms with E-state index in [1.54, 1.807) is 41.5 Å². The molecule has 0 fully saturated rings. The van der Waals surface area contributed by atoms with E-state index in [0.29, 0.717) is 16.3 Å². The van der Waals surface area contributed by atoms with E-state index in [4.69, 9.17) is 17.3 Å². The Kier molecular flexibility index (Phi) is 4.12. The van der Waals surface area contributed by atoms with Gasteiger partial charge < -0.3 is 10.6 Å². The molecule has 0 saturated carbocycles. The summed E-state index contributed by atoms with van der Waals surface area (Å²) in [5, 5.41) is 2.47. The van der Waals surface area contributed by atoms with Crippen molar-refractivity contribution in [1.82, 2.24) is 4.90 Å². The summed E-state index contributed by atoms with van der Waals surface area (Å²) in [5.74, 6) is -0.0879. The fourth-order valence-corrected chi connectivity index (χ4v) is 2.91. The van der Waals surface area contributed by atoms with Gasteiger partial charge in [-0.3, -0.25) is 4.79 Å². The maximum Gasteiger partial charge on any atom is 0.254 e. The summed E-state index contributed by atoms with van der Waals surface area (Å²) in [6.07, 6.45) is 0. The van der Waals surface area contributed by atoms with Gasteiger partial charge in [0, 0.05) is 28.2 Å². The van der Waals surface area contributed by atoms with Crippen molar-refractivity contribution in [2.45, 2.75) is 13.0 Å². The number of halogens is 1. The van der Waals surface area contributed by atoms with Crippen molar-refractivity contribution < 1.29 is 4.79 Å². The number of amides is 1. The van der Waals surface area contributed by atoms with Gasteiger partial charge in [0.05, 0.1) is 6.04 Å². The Hall–Kier alpha value is -1.52. The number of nitrogen functional groups attached to an aromatic ring is 1. The number of carbonyl (C=O) groups is 1. The van der Waals surface area contributed by atoms with Crippen LogP contribution in [0, 0.1) is 0 Å². The summed E-state index contributed by atoms with van der Waals surface area (Å²) in [4.78, 5) is 15.2. The van der Waals surface area contributed by atoms with Crippen LogP contribution in [0.2, 0.25) is 5.02 Å². The predicted octanol–water partition coefficient (Wildman–Crippen LogP) is 3.82. The van der Waals surface area contributed by atoms with Gasteiger partial charge in [-0.2, -0.15) is 0 Å². The Morgan fingerprint density at radius 3 is 2.74 bits per heavy atom. The smallest absolute Gasteiger partial charge is 0.254 e. The highest BCUT2D eigenvalue weighted by molar-refractivity contribution is 7.10. The Bertz CT molecular complexity index is 563. The van der Waals surface area contributed by atoms with Crippen molar-refractivity contribution in [1.29, 1.82) is 0 Å². The highest BCUT2D eigenvalue weighted by Crippen LogP contribution is 2.26. The lowest BCUT2D eigenvalue weighted by Gasteiger charge is -2.24. The second-order valence-corrected chi connectivity index (χ2v) is 5.80. The Balaban J connectivity index is 2.23. The van der Waals surface area contributed by atoms with E-state index in [-0.39, 0.29) is 11.9 Å². The topological polar surface area (TPSA) is 46.3 Å². The number of benzene rings is 1. The Labute approximate surface area is 121 Å². The van der Waals surface area contributed by atoms with E-state index in [2.05, 4.69) is 0 Å². The Morgan fingerprint density at radius 1 is 1.42 bits per heavy atom. The summed E-state index contributed by atoms with van der Waals surface area (Å²) in [7, 11) is 1.78. The predicted molar refractivity (Wildman–Crippen MR) is 80.7 cm³/mol. The molecule has 1 atom stereocenters. The van der Waals surface area contributed by atoms with Crippen LogP contribution in [0.3, 0.4) is 0 Å². The summed E-state index contributed by atoms with van der Waals surface area (Å²) in [5.41, 5.74) is 6.72. The fourth-order valence-electron chi connectivity index (χ4n) is 1.84. The molecule has 2 aromatic rings. The van der Waals surface area contributed by atoms with Gasteiger partial charge >= 0.3 is 0 Å². The summed E-state index contributed by atoms with van der Waals surface area (Å²) in [6.45, 7) is 2.00. The molecule has 2 rings (SSSR count). The highest BCUT2D eigenvalue weighted by Gasteiger charge is 2.20. The number of nitrogens with zero attached hydrogens (tertiary/aromatic N) is 1. The molecule has 19 heavy (non-hydrogen) atoms. The van der Waals surface area contributed by atoms with E-state index in [9.17, 15) is 4.79 Å². The number of anilines is 1. The average molecular weight is 295 g/mol. The third-order valence-electron chi connectivity index (χ3n) is 3.02. The normalized spacial score (nSPS) is 12.2. The van der Waals surface area contributed by atoms with Gasteiger partial charge in [0.2, 0.25) is 0 Å². The van der Waals surface area contributed by atoms with E-state index in [0.717, 1.165) is 4.88 Å². The molecule has 0 aliphatic carbocycles. The first-order valence-electron chi connectivity index (χ1n) is 5.85. The van der Waals surface area contributed by atoms with Crippen LogP contribution in [0.1, 0.15) is 28.2 Å². The van der Waals surface area contributed by atoms with Gasteiger partial charge in [0.1, 0.15) is 0 Å². The largest absolute Gasteiger partial charge is 0.399 e. The van der Waals surface area contributed by atoms with Crippen molar-refractivity contribution in [3.05, 3.63) is 51.2 Å². The van der Waals surface area contributed by atoms with Crippen molar-refractivity contribution in [2.24, 2.45) is 0 Å². The van der Waals surface area contributed by atoms with Crippen LogP contribution < -0.4 is 5.73 Å². The van der Waals surface area contributed by atoms with Crippen LogP contribution in [-0.4, -0.2) is 17.9 Å². The van der Waals surface area contributed by atoms with Gasteiger partial charge in [-0.15, -0.1) is 11.3 Å². The molecule has 2 N–H and O–H groups in total. The third-order valence-corrected chi connectivity index (χ3v) is 4.28. The number of rotatable bonds is 3. The minimum absolute atomic E-state index is 0.0210. The molecule has 1 amide bonds. The summed E-state index contributed by atoms with van der Waals surface area (Å²) >= 11 is 7.56. The lowest BCUT2D eigenvalue weighted by molar-refractivity contribution is 0.0745. The molecule has 100 valence electrons. The highest BCUT2D eigenvalue weighted by atomic mass is 35.5. The zero-order valence-corrected chi connectivity index (χ0v) is 12.3. The molecule has 5 heteroatoms. The molecule has 0 spiro atoms. The summed E-state index contributed by atoms with van der Waals surface area (Å²) < 4.78 is 0. The van der Waals surface area contributed by atoms with E-state index in [1.807, 2.05) is 24.4 Å². The van der Waals surface area contributed by atoms with Gasteiger partial charge in [-0.25, -0.2) is 0 Å². The van der Waals surface area contributed by atoms with Crippen LogP contribution in [-0.2, 0) is 0 Å². The maximum atomic E-state index is 12.4. The first-order chi connectivity index (χ1) is 8.99. The zero-order valence-electron chi connectivity index (χ0n) is 10.8. The van der Waals surface area contributed by atoms with Crippen LogP contribution in [0.15, 0.2) is 35.7 Å². The minimum atomic E-state index is -0.0879. The molecule has 0 saturated heterocycles. The number of carbonyl (C=O) groups excluding carboxylic acids is 1. The zero-order chi connectivity index (χ0) is 14.0. The quantitative estimate of drug-likeness (QED) is 0.875. The monoisotopic (exact) mass is 294 g/mol. The summed E-state index contributed by atoms with van der Waals surface area (Å²) in [6, 6.07) is 8.93. The van der Waals surface area contributed by atoms with Gasteiger partial charge in [0.25, 0.3) is 5.91 Å². The van der Waals surface area contributed by atoms with Gasteiger partial charge in [-0.05, 0) is 36.6 Å². The van der Waals surface area contributed by atoms with E-state index in [1.165, 1.54) is 0 Å². The van der Waals surface area contributed by atoms with E-state index >= 15 is 0 Å². The maximum absolute atomic E-state index is 12.4. The fraction of sp³-hybridized carbons (Fsp3) is 0.214. The van der Waals surface area contributed by atoms with Crippen LogP contribution in [0.25, 0.3) is 0 Å². The van der Waals surface area contributed by atoms with E-state index < -0.39 is 0 Å². The first kappa shape index (κ1) is 13.9. The molecular formula is C14H15ClN2OS. The molecule has 3 nitrogen and oxygen atoms in total. The number of nitrogens with two attached hydrogens (primary N) is 1. The first-order valence-corrected chi connectivity index (χ1v) is 7.11. The van der Waals surface area contributed by atoms with Gasteiger partial charge in [-0.1, -0.05) is 17.7 Å². The standard InChI is InChI=1S/C14H15ClN2OS/c1-9(13-4-3-5-19-13)17(2)14(18)10-6-11(15)8-12(16)7-10/h3-9H,16H2,1-2H3.